The molecule has 0 unspecified atom stereocenters. The van der Waals surface area contributed by atoms with E-state index in [0.717, 1.165) is 18.4 Å². The average molecular weight is 179 g/mol. The molecular weight excluding hydrogens is 162 g/mol. The van der Waals surface area contributed by atoms with E-state index in [1.54, 1.807) is 6.07 Å². The first-order chi connectivity index (χ1) is 5.99. The van der Waals surface area contributed by atoms with Gasteiger partial charge in [-0.25, -0.2) is 0 Å². The maximum atomic E-state index is 9.47. The van der Waals surface area contributed by atoms with Crippen molar-refractivity contribution < 1.29 is 5.11 Å². The van der Waals surface area contributed by atoms with Crippen molar-refractivity contribution in [3.63, 3.8) is 0 Å². The summed E-state index contributed by atoms with van der Waals surface area (Å²) in [5.41, 5.74) is 6.66. The van der Waals surface area contributed by atoms with Crippen molar-refractivity contribution in [3.8, 4) is 5.75 Å². The lowest BCUT2D eigenvalue weighted by Gasteiger charge is -2.18. The van der Waals surface area contributed by atoms with Gasteiger partial charge in [0.05, 0.1) is 0 Å². The van der Waals surface area contributed by atoms with E-state index in [4.69, 9.17) is 5.73 Å². The Morgan fingerprint density at radius 1 is 1.31 bits per heavy atom. The van der Waals surface area contributed by atoms with Crippen molar-refractivity contribution in [2.75, 3.05) is 0 Å². The van der Waals surface area contributed by atoms with E-state index in [-0.39, 0.29) is 5.54 Å². The van der Waals surface area contributed by atoms with Crippen LogP contribution in [0.5, 0.6) is 5.75 Å². The Kier molecular flexibility index (Phi) is 2.94. The van der Waals surface area contributed by atoms with Crippen LogP contribution >= 0.6 is 0 Å². The van der Waals surface area contributed by atoms with E-state index in [1.807, 2.05) is 32.0 Å². The number of hydrogen-bond acceptors (Lipinski definition) is 2. The fourth-order valence-corrected chi connectivity index (χ4v) is 1.18. The molecule has 2 heteroatoms. The number of phenols is 1. The average Bonchev–Trinajstić information content (AvgIpc) is 2.01. The van der Waals surface area contributed by atoms with Crippen molar-refractivity contribution in [2.24, 2.45) is 5.73 Å². The predicted octanol–water partition coefficient (Wildman–Crippen LogP) is 2.06. The van der Waals surface area contributed by atoms with Crippen LogP contribution in [0.15, 0.2) is 24.3 Å². The molecule has 0 aliphatic rings. The van der Waals surface area contributed by atoms with Crippen LogP contribution in [-0.2, 0) is 6.42 Å². The molecule has 1 aromatic rings. The molecule has 72 valence electrons. The van der Waals surface area contributed by atoms with Crippen molar-refractivity contribution in [1.29, 1.82) is 0 Å². The topological polar surface area (TPSA) is 46.2 Å². The van der Waals surface area contributed by atoms with Crippen LogP contribution in [-0.4, -0.2) is 10.6 Å². The highest BCUT2D eigenvalue weighted by Gasteiger charge is 2.11. The molecule has 0 fully saturated rings. The minimum Gasteiger partial charge on any atom is -0.508 e. The Hall–Kier alpha value is -1.02. The van der Waals surface area contributed by atoms with Crippen LogP contribution in [0.3, 0.4) is 0 Å². The van der Waals surface area contributed by atoms with E-state index >= 15 is 0 Å². The lowest BCUT2D eigenvalue weighted by atomic mass is 9.96. The highest BCUT2D eigenvalue weighted by atomic mass is 16.3. The molecule has 0 spiro atoms. The summed E-state index contributed by atoms with van der Waals surface area (Å²) in [5.74, 6) is 0.367. The monoisotopic (exact) mass is 179 g/mol. The van der Waals surface area contributed by atoms with Crippen molar-refractivity contribution in [3.05, 3.63) is 29.8 Å². The summed E-state index contributed by atoms with van der Waals surface area (Å²) in [6.45, 7) is 3.99. The van der Waals surface area contributed by atoms with Gasteiger partial charge in [-0.3, -0.25) is 0 Å². The molecule has 0 radical (unpaired) electrons. The lowest BCUT2D eigenvalue weighted by molar-refractivity contribution is 0.448. The third kappa shape index (κ3) is 3.47. The number of para-hydroxylation sites is 1. The van der Waals surface area contributed by atoms with Gasteiger partial charge in [0.2, 0.25) is 0 Å². The van der Waals surface area contributed by atoms with Crippen molar-refractivity contribution in [1.82, 2.24) is 0 Å². The maximum Gasteiger partial charge on any atom is 0.118 e. The summed E-state index contributed by atoms with van der Waals surface area (Å²) in [5, 5.41) is 9.47. The van der Waals surface area contributed by atoms with E-state index in [9.17, 15) is 5.11 Å². The molecule has 0 bridgehead atoms. The second-order valence-corrected chi connectivity index (χ2v) is 4.12. The number of rotatable bonds is 3. The van der Waals surface area contributed by atoms with E-state index in [0.29, 0.717) is 5.75 Å². The van der Waals surface area contributed by atoms with Crippen LogP contribution in [0.4, 0.5) is 0 Å². The zero-order chi connectivity index (χ0) is 9.90. The zero-order valence-corrected chi connectivity index (χ0v) is 8.25. The normalized spacial score (nSPS) is 11.6. The largest absolute Gasteiger partial charge is 0.508 e. The van der Waals surface area contributed by atoms with Gasteiger partial charge in [0.15, 0.2) is 0 Å². The Morgan fingerprint density at radius 2 is 1.92 bits per heavy atom. The summed E-state index contributed by atoms with van der Waals surface area (Å²) in [7, 11) is 0. The lowest BCUT2D eigenvalue weighted by Crippen LogP contribution is -2.32. The summed E-state index contributed by atoms with van der Waals surface area (Å²) in [6, 6.07) is 7.39. The van der Waals surface area contributed by atoms with Crippen LogP contribution in [0.2, 0.25) is 0 Å². The highest BCUT2D eigenvalue weighted by molar-refractivity contribution is 5.31. The molecule has 0 aliphatic carbocycles. The van der Waals surface area contributed by atoms with Gasteiger partial charge in [0.1, 0.15) is 5.75 Å². The second kappa shape index (κ2) is 3.79. The van der Waals surface area contributed by atoms with Crippen molar-refractivity contribution >= 4 is 0 Å². The van der Waals surface area contributed by atoms with Gasteiger partial charge in [0, 0.05) is 5.54 Å². The number of nitrogens with two attached hydrogens (primary N) is 1. The summed E-state index contributed by atoms with van der Waals surface area (Å²) >= 11 is 0. The van der Waals surface area contributed by atoms with Gasteiger partial charge < -0.3 is 10.8 Å². The van der Waals surface area contributed by atoms with E-state index < -0.39 is 0 Å². The standard InChI is InChI=1S/C11H17NO/c1-11(2,12)8-7-9-5-3-4-6-10(9)13/h3-6,13H,7-8,12H2,1-2H3. The molecule has 0 aromatic heterocycles. The molecule has 0 aliphatic heterocycles. The van der Waals surface area contributed by atoms with Crippen LogP contribution in [0.25, 0.3) is 0 Å². The molecular formula is C11H17NO. The van der Waals surface area contributed by atoms with Gasteiger partial charge in [-0.1, -0.05) is 18.2 Å². The number of aromatic hydroxyl groups is 1. The van der Waals surface area contributed by atoms with Gasteiger partial charge in [-0.2, -0.15) is 0 Å². The summed E-state index contributed by atoms with van der Waals surface area (Å²) < 4.78 is 0. The Morgan fingerprint density at radius 3 is 2.46 bits per heavy atom. The zero-order valence-electron chi connectivity index (χ0n) is 8.25. The van der Waals surface area contributed by atoms with Crippen molar-refractivity contribution in [2.45, 2.75) is 32.2 Å². The fraction of sp³-hybridized carbons (Fsp3) is 0.455. The molecule has 0 saturated carbocycles. The van der Waals surface area contributed by atoms with Gasteiger partial charge in [0.25, 0.3) is 0 Å². The first-order valence-corrected chi connectivity index (χ1v) is 4.55. The quantitative estimate of drug-likeness (QED) is 0.746. The molecule has 3 N–H and O–H groups in total. The number of hydrogen-bond donors (Lipinski definition) is 2. The molecule has 1 rings (SSSR count). The maximum absolute atomic E-state index is 9.47. The van der Waals surface area contributed by atoms with Crippen LogP contribution < -0.4 is 5.73 Å². The smallest absolute Gasteiger partial charge is 0.118 e. The minimum absolute atomic E-state index is 0.164. The molecule has 0 heterocycles. The second-order valence-electron chi connectivity index (χ2n) is 4.12. The number of phenolic OH excluding ortho intramolecular Hbond substituents is 1. The van der Waals surface area contributed by atoms with Gasteiger partial charge in [-0.05, 0) is 38.3 Å². The number of aryl methyl sites for hydroxylation is 1. The number of benzene rings is 1. The third-order valence-electron chi connectivity index (χ3n) is 2.03. The summed E-state index contributed by atoms with van der Waals surface area (Å²) in [4.78, 5) is 0. The van der Waals surface area contributed by atoms with Gasteiger partial charge >= 0.3 is 0 Å². The first kappa shape index (κ1) is 10.1. The third-order valence-corrected chi connectivity index (χ3v) is 2.03. The SMILES string of the molecule is CC(C)(N)CCc1ccccc1O. The molecule has 0 saturated heterocycles. The molecule has 0 atom stereocenters. The highest BCUT2D eigenvalue weighted by Crippen LogP contribution is 2.19. The molecule has 13 heavy (non-hydrogen) atoms. The Bertz CT molecular complexity index is 276. The Labute approximate surface area is 79.4 Å². The molecule has 1 aromatic carbocycles. The Balaban J connectivity index is 2.60. The van der Waals surface area contributed by atoms with E-state index in [1.165, 1.54) is 0 Å². The van der Waals surface area contributed by atoms with Gasteiger partial charge in [-0.15, -0.1) is 0 Å². The summed E-state index contributed by atoms with van der Waals surface area (Å²) in [6.07, 6.45) is 1.71. The van der Waals surface area contributed by atoms with Crippen LogP contribution in [0, 0.1) is 0 Å². The molecule has 0 amide bonds. The first-order valence-electron chi connectivity index (χ1n) is 4.55. The fourth-order valence-electron chi connectivity index (χ4n) is 1.18. The minimum atomic E-state index is -0.164. The van der Waals surface area contributed by atoms with Crippen LogP contribution in [0.1, 0.15) is 25.8 Å². The molecule has 2 nitrogen and oxygen atoms in total. The predicted molar refractivity (Wildman–Crippen MR) is 54.7 cm³/mol. The van der Waals surface area contributed by atoms with E-state index in [2.05, 4.69) is 0 Å².